The fourth-order valence-electron chi connectivity index (χ4n) is 2.09. The summed E-state index contributed by atoms with van der Waals surface area (Å²) in [6.45, 7) is 0. The predicted molar refractivity (Wildman–Crippen MR) is 80.6 cm³/mol. The molecule has 2 rings (SSSR count). The van der Waals surface area contributed by atoms with Gasteiger partial charge in [0.15, 0.2) is 9.84 Å². The van der Waals surface area contributed by atoms with Gasteiger partial charge < -0.3 is 5.73 Å². The van der Waals surface area contributed by atoms with Crippen LogP contribution in [0, 0.1) is 0 Å². The lowest BCUT2D eigenvalue weighted by atomic mass is 10.3. The van der Waals surface area contributed by atoms with Crippen LogP contribution in [-0.2, 0) is 19.9 Å². The zero-order valence-corrected chi connectivity index (χ0v) is 14.0. The van der Waals surface area contributed by atoms with Crippen molar-refractivity contribution in [1.29, 1.82) is 0 Å². The van der Waals surface area contributed by atoms with Crippen molar-refractivity contribution in [3.63, 3.8) is 0 Å². The Kier molecular flexibility index (Phi) is 4.16. The highest BCUT2D eigenvalue weighted by Crippen LogP contribution is 2.27. The van der Waals surface area contributed by atoms with Gasteiger partial charge in [-0.25, -0.2) is 16.8 Å². The highest BCUT2D eigenvalue weighted by atomic mass is 79.9. The maximum absolute atomic E-state index is 12.5. The van der Waals surface area contributed by atoms with Gasteiger partial charge in [-0.2, -0.15) is 4.31 Å². The highest BCUT2D eigenvalue weighted by molar-refractivity contribution is 9.10. The Hall–Kier alpha value is -0.640. The lowest BCUT2D eigenvalue weighted by Crippen LogP contribution is -2.37. The van der Waals surface area contributed by atoms with Crippen LogP contribution in [0.15, 0.2) is 27.6 Å². The van der Waals surface area contributed by atoms with Crippen molar-refractivity contribution in [3.05, 3.63) is 22.7 Å². The molecule has 1 heterocycles. The second-order valence-electron chi connectivity index (χ2n) is 4.76. The second-order valence-corrected chi connectivity index (χ2v) is 9.84. The predicted octanol–water partition coefficient (Wildman–Crippen LogP) is 0.839. The first-order valence-corrected chi connectivity index (χ1v) is 9.92. The molecule has 0 aromatic heterocycles. The zero-order valence-electron chi connectivity index (χ0n) is 10.8. The second kappa shape index (κ2) is 5.28. The number of nitrogens with two attached hydrogens (primary N) is 1. The van der Waals surface area contributed by atoms with E-state index in [1.165, 1.54) is 25.2 Å². The fourth-order valence-corrected chi connectivity index (χ4v) is 5.90. The number of nitrogen functional groups attached to an aromatic ring is 1. The average Bonchev–Trinajstić information content (AvgIpc) is 2.72. The molecule has 0 spiro atoms. The summed E-state index contributed by atoms with van der Waals surface area (Å²) >= 11 is 3.19. The maximum Gasteiger partial charge on any atom is 0.243 e. The minimum absolute atomic E-state index is 0.0307. The molecule has 1 aliphatic heterocycles. The van der Waals surface area contributed by atoms with Crippen molar-refractivity contribution in [2.24, 2.45) is 0 Å². The van der Waals surface area contributed by atoms with E-state index in [-0.39, 0.29) is 16.4 Å². The van der Waals surface area contributed by atoms with Crippen molar-refractivity contribution >= 4 is 41.5 Å². The summed E-state index contributed by atoms with van der Waals surface area (Å²) in [7, 11) is -5.45. The molecule has 9 heteroatoms. The van der Waals surface area contributed by atoms with Gasteiger partial charge >= 0.3 is 0 Å². The number of anilines is 1. The van der Waals surface area contributed by atoms with E-state index >= 15 is 0 Å². The zero-order chi connectivity index (χ0) is 15.1. The normalized spacial score (nSPS) is 22.2. The topological polar surface area (TPSA) is 97.5 Å². The lowest BCUT2D eigenvalue weighted by molar-refractivity contribution is 0.394. The molecule has 0 amide bonds. The molecule has 6 nitrogen and oxygen atoms in total. The number of sulfone groups is 1. The van der Waals surface area contributed by atoms with Crippen LogP contribution in [0.4, 0.5) is 5.69 Å². The van der Waals surface area contributed by atoms with Crippen molar-refractivity contribution < 1.29 is 16.8 Å². The van der Waals surface area contributed by atoms with Crippen LogP contribution in [0.25, 0.3) is 0 Å². The van der Waals surface area contributed by atoms with E-state index in [4.69, 9.17) is 5.73 Å². The Bertz CT molecular complexity index is 731. The summed E-state index contributed by atoms with van der Waals surface area (Å²) in [5.74, 6) is -0.0954. The smallest absolute Gasteiger partial charge is 0.243 e. The van der Waals surface area contributed by atoms with Gasteiger partial charge in [-0.1, -0.05) is 0 Å². The summed E-state index contributed by atoms with van der Waals surface area (Å²) < 4.78 is 49.5. The van der Waals surface area contributed by atoms with Crippen molar-refractivity contribution in [2.75, 3.05) is 24.3 Å². The third-order valence-electron chi connectivity index (χ3n) is 3.37. The van der Waals surface area contributed by atoms with E-state index in [9.17, 15) is 16.8 Å². The first-order valence-electron chi connectivity index (χ1n) is 5.87. The molecule has 1 unspecified atom stereocenters. The Morgan fingerprint density at radius 2 is 2.05 bits per heavy atom. The van der Waals surface area contributed by atoms with E-state index in [1.807, 2.05) is 0 Å². The van der Waals surface area contributed by atoms with Crippen LogP contribution in [-0.4, -0.2) is 45.7 Å². The number of hydrogen-bond donors (Lipinski definition) is 1. The van der Waals surface area contributed by atoms with Gasteiger partial charge in [0, 0.05) is 23.2 Å². The Morgan fingerprint density at radius 3 is 2.55 bits per heavy atom. The number of hydrogen-bond acceptors (Lipinski definition) is 5. The molecule has 1 saturated heterocycles. The van der Waals surface area contributed by atoms with Crippen LogP contribution in [0.1, 0.15) is 6.42 Å². The van der Waals surface area contributed by atoms with Gasteiger partial charge in [0.25, 0.3) is 0 Å². The van der Waals surface area contributed by atoms with E-state index < -0.39 is 25.9 Å². The fraction of sp³-hybridized carbons (Fsp3) is 0.455. The Labute approximate surface area is 127 Å². The van der Waals surface area contributed by atoms with E-state index in [1.54, 1.807) is 0 Å². The quantitative estimate of drug-likeness (QED) is 0.780. The van der Waals surface area contributed by atoms with Gasteiger partial charge in [-0.15, -0.1) is 0 Å². The number of sulfonamides is 1. The molecule has 2 N–H and O–H groups in total. The standard InChI is InChI=1S/C11H15BrN2O4S2/c1-14(8-4-5-19(15,16)7-8)20(17,18)9-2-3-11(13)10(12)6-9/h2-3,6,8H,4-5,7,13H2,1H3. The van der Waals surface area contributed by atoms with Gasteiger partial charge in [0.1, 0.15) is 0 Å². The minimum Gasteiger partial charge on any atom is -0.398 e. The molecule has 112 valence electrons. The molecule has 0 radical (unpaired) electrons. The van der Waals surface area contributed by atoms with Gasteiger partial charge in [-0.3, -0.25) is 0 Å². The number of benzene rings is 1. The molecular weight excluding hydrogens is 368 g/mol. The molecule has 1 aliphatic rings. The Balaban J connectivity index is 2.32. The van der Waals surface area contributed by atoms with Crippen LogP contribution < -0.4 is 5.73 Å². The molecule has 1 aromatic carbocycles. The summed E-state index contributed by atoms with van der Waals surface area (Å²) in [6.07, 6.45) is 0.328. The largest absolute Gasteiger partial charge is 0.398 e. The minimum atomic E-state index is -3.73. The molecule has 0 bridgehead atoms. The van der Waals surface area contributed by atoms with Crippen LogP contribution in [0.5, 0.6) is 0 Å². The third-order valence-corrected chi connectivity index (χ3v) is 7.71. The number of halogens is 1. The van der Waals surface area contributed by atoms with Crippen LogP contribution in [0.2, 0.25) is 0 Å². The summed E-state index contributed by atoms with van der Waals surface area (Å²) in [4.78, 5) is 0.0883. The molecule has 1 fully saturated rings. The molecule has 1 atom stereocenters. The van der Waals surface area contributed by atoms with Crippen LogP contribution in [0.3, 0.4) is 0 Å². The molecule has 0 saturated carbocycles. The highest BCUT2D eigenvalue weighted by Gasteiger charge is 2.36. The maximum atomic E-state index is 12.5. The summed E-state index contributed by atoms with van der Waals surface area (Å²) in [5.41, 5.74) is 6.07. The summed E-state index contributed by atoms with van der Waals surface area (Å²) in [6, 6.07) is 3.82. The van der Waals surface area contributed by atoms with E-state index in [0.29, 0.717) is 16.6 Å². The first kappa shape index (κ1) is 15.7. The average molecular weight is 383 g/mol. The van der Waals surface area contributed by atoms with Crippen LogP contribution >= 0.6 is 15.9 Å². The van der Waals surface area contributed by atoms with Crippen molar-refractivity contribution in [2.45, 2.75) is 17.4 Å². The lowest BCUT2D eigenvalue weighted by Gasteiger charge is -2.23. The SMILES string of the molecule is CN(C1CCS(=O)(=O)C1)S(=O)(=O)c1ccc(N)c(Br)c1. The van der Waals surface area contributed by atoms with E-state index in [2.05, 4.69) is 15.9 Å². The monoisotopic (exact) mass is 382 g/mol. The molecule has 1 aromatic rings. The van der Waals surface area contributed by atoms with Crippen molar-refractivity contribution in [1.82, 2.24) is 4.31 Å². The molecule has 20 heavy (non-hydrogen) atoms. The number of rotatable bonds is 3. The third kappa shape index (κ3) is 3.00. The van der Waals surface area contributed by atoms with E-state index in [0.717, 1.165) is 4.31 Å². The molecule has 0 aliphatic carbocycles. The van der Waals surface area contributed by atoms with Gasteiger partial charge in [-0.05, 0) is 40.5 Å². The van der Waals surface area contributed by atoms with Crippen molar-refractivity contribution in [3.8, 4) is 0 Å². The molecular formula is C11H15BrN2O4S2. The van der Waals surface area contributed by atoms with Gasteiger partial charge in [0.05, 0.1) is 16.4 Å². The number of nitrogens with zero attached hydrogens (tertiary/aromatic N) is 1. The first-order chi connectivity index (χ1) is 9.13. The summed E-state index contributed by atoms with van der Waals surface area (Å²) in [5, 5.41) is 0. The Morgan fingerprint density at radius 1 is 1.40 bits per heavy atom. The van der Waals surface area contributed by atoms with Gasteiger partial charge in [0.2, 0.25) is 10.0 Å².